The standard InChI is InChI=1S/C15H16N4O5/c20-12-5-4-11(19(23)24)8-10(12)9-16-18-13(21)15(17-14(18)22)6-2-1-3-7-15/h4-5,8-9,20H,1-3,6-7H2,(H,17,22)/p-1/b16-9-. The lowest BCUT2D eigenvalue weighted by Crippen LogP contribution is -2.48. The van der Waals surface area contributed by atoms with E-state index in [9.17, 15) is 24.8 Å². The molecule has 0 bridgehead atoms. The molecule has 126 valence electrons. The summed E-state index contributed by atoms with van der Waals surface area (Å²) in [6.07, 6.45) is 4.84. The summed E-state index contributed by atoms with van der Waals surface area (Å²) in [5.41, 5.74) is -1.23. The number of hydrogen-bond acceptors (Lipinski definition) is 6. The van der Waals surface area contributed by atoms with Crippen LogP contribution >= 0.6 is 0 Å². The lowest BCUT2D eigenvalue weighted by molar-refractivity contribution is -0.385. The molecule has 0 unspecified atom stereocenters. The van der Waals surface area contributed by atoms with Gasteiger partial charge in [-0.25, -0.2) is 4.79 Å². The second kappa shape index (κ2) is 5.91. The molecule has 1 aromatic carbocycles. The van der Waals surface area contributed by atoms with Gasteiger partial charge in [0, 0.05) is 12.1 Å². The molecule has 0 aromatic heterocycles. The van der Waals surface area contributed by atoms with Gasteiger partial charge in [0.2, 0.25) is 0 Å². The largest absolute Gasteiger partial charge is 0.872 e. The van der Waals surface area contributed by atoms with Gasteiger partial charge >= 0.3 is 6.03 Å². The third-order valence-corrected chi connectivity index (χ3v) is 4.36. The summed E-state index contributed by atoms with van der Waals surface area (Å²) < 4.78 is 0. The molecule has 24 heavy (non-hydrogen) atoms. The molecule has 2 fully saturated rings. The number of urea groups is 1. The number of rotatable bonds is 3. The number of benzene rings is 1. The van der Waals surface area contributed by atoms with Crippen LogP contribution < -0.4 is 10.4 Å². The molecule has 3 rings (SSSR count). The highest BCUT2D eigenvalue weighted by Gasteiger charge is 2.51. The molecule has 1 heterocycles. The minimum atomic E-state index is -0.907. The van der Waals surface area contributed by atoms with Crippen LogP contribution in [0.15, 0.2) is 23.3 Å². The maximum Gasteiger partial charge on any atom is 0.346 e. The lowest BCUT2D eigenvalue weighted by Gasteiger charge is -2.29. The number of nitrogens with one attached hydrogen (secondary N) is 1. The monoisotopic (exact) mass is 331 g/mol. The molecule has 3 amide bonds. The van der Waals surface area contributed by atoms with Gasteiger partial charge in [-0.05, 0) is 18.4 Å². The third-order valence-electron chi connectivity index (χ3n) is 4.36. The highest BCUT2D eigenvalue weighted by atomic mass is 16.6. The first-order chi connectivity index (χ1) is 11.4. The second-order valence-electron chi connectivity index (χ2n) is 5.91. The number of amides is 3. The molecule has 1 saturated heterocycles. The maximum atomic E-state index is 12.5. The Hall–Kier alpha value is -2.97. The van der Waals surface area contributed by atoms with E-state index in [1.165, 1.54) is 0 Å². The summed E-state index contributed by atoms with van der Waals surface area (Å²) in [4.78, 5) is 34.7. The summed E-state index contributed by atoms with van der Waals surface area (Å²) in [6.45, 7) is 0. The van der Waals surface area contributed by atoms with E-state index in [0.717, 1.165) is 43.7 Å². The zero-order valence-corrected chi connectivity index (χ0v) is 12.7. The fourth-order valence-corrected chi connectivity index (χ4v) is 3.08. The average molecular weight is 331 g/mol. The van der Waals surface area contributed by atoms with E-state index >= 15 is 0 Å². The zero-order valence-electron chi connectivity index (χ0n) is 12.7. The third kappa shape index (κ3) is 2.68. The van der Waals surface area contributed by atoms with Crippen molar-refractivity contribution in [3.63, 3.8) is 0 Å². The molecule has 1 aromatic rings. The minimum Gasteiger partial charge on any atom is -0.872 e. The quantitative estimate of drug-likeness (QED) is 0.386. The topological polar surface area (TPSA) is 128 Å². The van der Waals surface area contributed by atoms with Crippen molar-refractivity contribution in [1.29, 1.82) is 0 Å². The molecule has 1 saturated carbocycles. The van der Waals surface area contributed by atoms with Crippen LogP contribution in [0.2, 0.25) is 0 Å². The SMILES string of the molecule is O=C1NC2(CCCCC2)C(=O)N1/N=C\c1cc([N+](=O)[O-])ccc1[O-]. The number of nitro groups is 1. The molecule has 9 heteroatoms. The second-order valence-corrected chi connectivity index (χ2v) is 5.91. The number of nitro benzene ring substituents is 1. The fraction of sp³-hybridized carbons (Fsp3) is 0.400. The van der Waals surface area contributed by atoms with E-state index < -0.39 is 28.2 Å². The van der Waals surface area contributed by atoms with Gasteiger partial charge in [0.05, 0.1) is 11.1 Å². The van der Waals surface area contributed by atoms with Crippen molar-refractivity contribution < 1.29 is 19.6 Å². The highest BCUT2D eigenvalue weighted by Crippen LogP contribution is 2.33. The molecule has 0 radical (unpaired) electrons. The summed E-state index contributed by atoms with van der Waals surface area (Å²) in [6, 6.07) is 2.55. The zero-order chi connectivity index (χ0) is 17.3. The van der Waals surface area contributed by atoms with Crippen molar-refractivity contribution in [1.82, 2.24) is 10.3 Å². The van der Waals surface area contributed by atoms with Crippen LogP contribution in [0, 0.1) is 10.1 Å². The average Bonchev–Trinajstić information content (AvgIpc) is 2.78. The summed E-state index contributed by atoms with van der Waals surface area (Å²) in [7, 11) is 0. The smallest absolute Gasteiger partial charge is 0.346 e. The van der Waals surface area contributed by atoms with Gasteiger partial charge in [0.1, 0.15) is 5.54 Å². The van der Waals surface area contributed by atoms with Crippen molar-refractivity contribution in [3.8, 4) is 5.75 Å². The van der Waals surface area contributed by atoms with Gasteiger partial charge in [-0.3, -0.25) is 14.9 Å². The van der Waals surface area contributed by atoms with Crippen LogP contribution in [0.3, 0.4) is 0 Å². The van der Waals surface area contributed by atoms with E-state index in [4.69, 9.17) is 0 Å². The van der Waals surface area contributed by atoms with Crippen LogP contribution in [0.25, 0.3) is 0 Å². The maximum absolute atomic E-state index is 12.5. The predicted octanol–water partition coefficient (Wildman–Crippen LogP) is 1.26. The van der Waals surface area contributed by atoms with Gasteiger partial charge in [-0.2, -0.15) is 5.10 Å². The summed E-state index contributed by atoms with van der Waals surface area (Å²) in [5.74, 6) is -0.926. The van der Waals surface area contributed by atoms with E-state index in [1.54, 1.807) is 0 Å². The van der Waals surface area contributed by atoms with Gasteiger partial charge < -0.3 is 10.4 Å². The predicted molar refractivity (Wildman–Crippen MR) is 81.3 cm³/mol. The Labute approximate surface area is 137 Å². The van der Waals surface area contributed by atoms with E-state index in [2.05, 4.69) is 10.4 Å². The Balaban J connectivity index is 1.84. The Morgan fingerprint density at radius 3 is 2.62 bits per heavy atom. The molecule has 1 aliphatic heterocycles. The molecular weight excluding hydrogens is 316 g/mol. The van der Waals surface area contributed by atoms with Gasteiger partial charge in [-0.15, -0.1) is 5.01 Å². The number of non-ortho nitro benzene ring substituents is 1. The number of imide groups is 1. The van der Waals surface area contributed by atoms with Gasteiger partial charge in [0.25, 0.3) is 11.6 Å². The molecule has 1 N–H and O–H groups in total. The van der Waals surface area contributed by atoms with Crippen LogP contribution in [0.5, 0.6) is 5.75 Å². The van der Waals surface area contributed by atoms with E-state index in [0.29, 0.717) is 17.9 Å². The van der Waals surface area contributed by atoms with Crippen molar-refractivity contribution in [2.75, 3.05) is 0 Å². The number of hydrogen-bond donors (Lipinski definition) is 1. The summed E-state index contributed by atoms with van der Waals surface area (Å²) >= 11 is 0. The normalized spacial score (nSPS) is 19.9. The van der Waals surface area contributed by atoms with Gasteiger partial charge in [0.15, 0.2) is 0 Å². The van der Waals surface area contributed by atoms with Crippen LogP contribution in [-0.4, -0.2) is 33.6 Å². The fourth-order valence-electron chi connectivity index (χ4n) is 3.08. The summed E-state index contributed by atoms with van der Waals surface area (Å²) in [5, 5.41) is 29.7. The first kappa shape index (κ1) is 15.9. The highest BCUT2D eigenvalue weighted by molar-refractivity contribution is 6.07. The minimum absolute atomic E-state index is 0.0607. The first-order valence-corrected chi connectivity index (χ1v) is 7.59. The number of carbonyl (C=O) groups is 2. The van der Waals surface area contributed by atoms with Crippen molar-refractivity contribution in [2.24, 2.45) is 5.10 Å². The van der Waals surface area contributed by atoms with Crippen molar-refractivity contribution in [3.05, 3.63) is 33.9 Å². The Morgan fingerprint density at radius 1 is 1.25 bits per heavy atom. The van der Waals surface area contributed by atoms with E-state index in [1.807, 2.05) is 0 Å². The Bertz CT molecular complexity index is 739. The van der Waals surface area contributed by atoms with Crippen molar-refractivity contribution in [2.45, 2.75) is 37.6 Å². The number of nitrogens with zero attached hydrogens (tertiary/aromatic N) is 3. The van der Waals surface area contributed by atoms with E-state index in [-0.39, 0.29) is 11.3 Å². The molecule has 2 aliphatic rings. The molecule has 9 nitrogen and oxygen atoms in total. The number of hydrazone groups is 1. The van der Waals surface area contributed by atoms with Crippen molar-refractivity contribution >= 4 is 23.8 Å². The molecule has 1 aliphatic carbocycles. The molecule has 0 atom stereocenters. The van der Waals surface area contributed by atoms with Crippen LogP contribution in [-0.2, 0) is 4.79 Å². The lowest BCUT2D eigenvalue weighted by atomic mass is 9.82. The van der Waals surface area contributed by atoms with Gasteiger partial charge in [-0.1, -0.05) is 31.1 Å². The van der Waals surface area contributed by atoms with Crippen LogP contribution in [0.4, 0.5) is 10.5 Å². The molecular formula is C15H15N4O5-. The van der Waals surface area contributed by atoms with Crippen LogP contribution in [0.1, 0.15) is 37.7 Å². The number of carbonyl (C=O) groups excluding carboxylic acids is 2. The molecule has 1 spiro atoms. The first-order valence-electron chi connectivity index (χ1n) is 7.59. The Kier molecular flexibility index (Phi) is 3.92. The Morgan fingerprint density at radius 2 is 1.96 bits per heavy atom.